The molecule has 1 N–H and O–H groups in total. The SMILES string of the molecule is CNc1cc(Oc2cccc(F)c2C#N)cc([N+](=O)[O-])c1. The van der Waals surface area contributed by atoms with Gasteiger partial charge in [0, 0.05) is 24.9 Å². The van der Waals surface area contributed by atoms with E-state index >= 15 is 0 Å². The number of halogens is 1. The highest BCUT2D eigenvalue weighted by molar-refractivity contribution is 5.57. The first-order valence-corrected chi connectivity index (χ1v) is 5.89. The van der Waals surface area contributed by atoms with Crippen molar-refractivity contribution in [2.45, 2.75) is 0 Å². The summed E-state index contributed by atoms with van der Waals surface area (Å²) in [6, 6.07) is 9.70. The fraction of sp³-hybridized carbons (Fsp3) is 0.0714. The topological polar surface area (TPSA) is 88.2 Å². The maximum Gasteiger partial charge on any atom is 0.275 e. The minimum Gasteiger partial charge on any atom is -0.456 e. The first-order chi connectivity index (χ1) is 10.0. The summed E-state index contributed by atoms with van der Waals surface area (Å²) in [6.07, 6.45) is 0. The smallest absolute Gasteiger partial charge is 0.275 e. The molecule has 6 nitrogen and oxygen atoms in total. The minimum absolute atomic E-state index is 0.0000472. The third-order valence-electron chi connectivity index (χ3n) is 2.71. The number of ether oxygens (including phenoxy) is 1. The van der Waals surface area contributed by atoms with Crippen LogP contribution < -0.4 is 10.1 Å². The van der Waals surface area contributed by atoms with Gasteiger partial charge in [0.2, 0.25) is 0 Å². The number of rotatable bonds is 4. The third kappa shape index (κ3) is 3.06. The minimum atomic E-state index is -0.714. The van der Waals surface area contributed by atoms with Crippen LogP contribution in [-0.2, 0) is 0 Å². The Bertz CT molecular complexity index is 741. The quantitative estimate of drug-likeness (QED) is 0.687. The van der Waals surface area contributed by atoms with Crippen LogP contribution in [0, 0.1) is 27.3 Å². The highest BCUT2D eigenvalue weighted by Crippen LogP contribution is 2.31. The Morgan fingerprint density at radius 1 is 1.38 bits per heavy atom. The Hall–Kier alpha value is -3.14. The van der Waals surface area contributed by atoms with Gasteiger partial charge in [0.1, 0.15) is 28.9 Å². The van der Waals surface area contributed by atoms with Gasteiger partial charge >= 0.3 is 0 Å². The second-order valence-corrected chi connectivity index (χ2v) is 4.05. The molecule has 0 saturated heterocycles. The van der Waals surface area contributed by atoms with Crippen molar-refractivity contribution in [1.29, 1.82) is 5.26 Å². The average molecular weight is 287 g/mol. The standard InChI is InChI=1S/C14H10FN3O3/c1-17-9-5-10(18(19)20)7-11(6-9)21-14-4-2-3-13(15)12(14)8-16/h2-7,17H,1H3. The molecular weight excluding hydrogens is 277 g/mol. The summed E-state index contributed by atoms with van der Waals surface area (Å²) < 4.78 is 18.9. The Morgan fingerprint density at radius 3 is 2.76 bits per heavy atom. The summed E-state index contributed by atoms with van der Waals surface area (Å²) in [5.41, 5.74) is 0.0379. The van der Waals surface area contributed by atoms with Crippen LogP contribution in [0.4, 0.5) is 15.8 Å². The Balaban J connectivity index is 2.45. The summed E-state index contributed by atoms with van der Waals surface area (Å²) in [7, 11) is 1.60. The molecule has 0 bridgehead atoms. The Labute approximate surface area is 119 Å². The van der Waals surface area contributed by atoms with Crippen molar-refractivity contribution in [3.8, 4) is 17.6 Å². The molecule has 2 aromatic rings. The van der Waals surface area contributed by atoms with Crippen LogP contribution in [0.2, 0.25) is 0 Å². The van der Waals surface area contributed by atoms with E-state index in [4.69, 9.17) is 10.00 Å². The van der Waals surface area contributed by atoms with E-state index in [2.05, 4.69) is 5.32 Å². The van der Waals surface area contributed by atoms with E-state index in [-0.39, 0.29) is 22.7 Å². The van der Waals surface area contributed by atoms with Gasteiger partial charge in [-0.1, -0.05) is 6.07 Å². The zero-order valence-electron chi connectivity index (χ0n) is 11.0. The number of anilines is 1. The number of non-ortho nitro benzene ring substituents is 1. The molecule has 0 amide bonds. The summed E-state index contributed by atoms with van der Waals surface area (Å²) in [6.45, 7) is 0. The number of nitrogens with zero attached hydrogens (tertiary/aromatic N) is 2. The van der Waals surface area contributed by atoms with E-state index in [0.29, 0.717) is 5.69 Å². The first-order valence-electron chi connectivity index (χ1n) is 5.89. The fourth-order valence-electron chi connectivity index (χ4n) is 1.72. The van der Waals surface area contributed by atoms with E-state index < -0.39 is 10.7 Å². The fourth-order valence-corrected chi connectivity index (χ4v) is 1.72. The normalized spacial score (nSPS) is 9.76. The van der Waals surface area contributed by atoms with Crippen molar-refractivity contribution < 1.29 is 14.1 Å². The number of hydrogen-bond acceptors (Lipinski definition) is 5. The largest absolute Gasteiger partial charge is 0.456 e. The van der Waals surface area contributed by atoms with Crippen molar-refractivity contribution in [3.63, 3.8) is 0 Å². The van der Waals surface area contributed by atoms with Crippen LogP contribution in [0.5, 0.6) is 11.5 Å². The van der Waals surface area contributed by atoms with Crippen LogP contribution in [0.3, 0.4) is 0 Å². The van der Waals surface area contributed by atoms with Crippen molar-refractivity contribution >= 4 is 11.4 Å². The number of nitro groups is 1. The molecule has 0 radical (unpaired) electrons. The third-order valence-corrected chi connectivity index (χ3v) is 2.71. The van der Waals surface area contributed by atoms with E-state index in [1.807, 2.05) is 0 Å². The Morgan fingerprint density at radius 2 is 2.14 bits per heavy atom. The summed E-state index contributed by atoms with van der Waals surface area (Å²) in [4.78, 5) is 10.3. The molecule has 0 saturated carbocycles. The zero-order valence-corrected chi connectivity index (χ0v) is 11.0. The molecule has 106 valence electrons. The number of nitriles is 1. The van der Waals surface area contributed by atoms with Gasteiger partial charge in [-0.2, -0.15) is 5.26 Å². The van der Waals surface area contributed by atoms with Crippen molar-refractivity contribution in [1.82, 2.24) is 0 Å². The lowest BCUT2D eigenvalue weighted by Gasteiger charge is -2.09. The number of benzene rings is 2. The summed E-state index contributed by atoms with van der Waals surface area (Å²) >= 11 is 0. The monoisotopic (exact) mass is 287 g/mol. The second kappa shape index (κ2) is 5.88. The average Bonchev–Trinajstić information content (AvgIpc) is 2.47. The molecule has 0 aliphatic rings. The lowest BCUT2D eigenvalue weighted by atomic mass is 10.2. The molecule has 0 aliphatic heterocycles. The molecule has 7 heteroatoms. The van der Waals surface area contributed by atoms with Crippen LogP contribution in [0.15, 0.2) is 36.4 Å². The molecule has 2 rings (SSSR count). The second-order valence-electron chi connectivity index (χ2n) is 4.05. The maximum atomic E-state index is 13.5. The molecular formula is C14H10FN3O3. The highest BCUT2D eigenvalue weighted by Gasteiger charge is 2.14. The van der Waals surface area contributed by atoms with Gasteiger partial charge < -0.3 is 10.1 Å². The van der Waals surface area contributed by atoms with Gasteiger partial charge in [-0.25, -0.2) is 4.39 Å². The highest BCUT2D eigenvalue weighted by atomic mass is 19.1. The lowest BCUT2D eigenvalue weighted by Crippen LogP contribution is -1.96. The molecule has 0 atom stereocenters. The predicted octanol–water partition coefficient (Wildman–Crippen LogP) is 3.44. The van der Waals surface area contributed by atoms with E-state index in [0.717, 1.165) is 6.07 Å². The van der Waals surface area contributed by atoms with Gasteiger partial charge in [-0.15, -0.1) is 0 Å². The van der Waals surface area contributed by atoms with Crippen LogP contribution in [0.25, 0.3) is 0 Å². The maximum absolute atomic E-state index is 13.5. The van der Waals surface area contributed by atoms with Crippen molar-refractivity contribution in [3.05, 3.63) is 57.9 Å². The molecule has 0 aliphatic carbocycles. The summed E-state index contributed by atoms with van der Waals surface area (Å²) in [5, 5.41) is 22.6. The first kappa shape index (κ1) is 14.3. The van der Waals surface area contributed by atoms with Gasteiger partial charge in [0.25, 0.3) is 5.69 Å². The van der Waals surface area contributed by atoms with E-state index in [1.165, 1.54) is 30.3 Å². The van der Waals surface area contributed by atoms with Gasteiger partial charge in [-0.05, 0) is 12.1 Å². The van der Waals surface area contributed by atoms with E-state index in [9.17, 15) is 14.5 Å². The molecule has 2 aromatic carbocycles. The van der Waals surface area contributed by atoms with Crippen LogP contribution in [0.1, 0.15) is 5.56 Å². The summed E-state index contributed by atoms with van der Waals surface area (Å²) in [5.74, 6) is -0.579. The predicted molar refractivity (Wildman–Crippen MR) is 73.8 cm³/mol. The lowest BCUT2D eigenvalue weighted by molar-refractivity contribution is -0.384. The number of nitro benzene ring substituents is 1. The molecule has 0 aromatic heterocycles. The van der Waals surface area contributed by atoms with Gasteiger partial charge in [0.15, 0.2) is 0 Å². The molecule has 0 spiro atoms. The van der Waals surface area contributed by atoms with Gasteiger partial charge in [0.05, 0.1) is 11.0 Å². The zero-order chi connectivity index (χ0) is 15.4. The van der Waals surface area contributed by atoms with Gasteiger partial charge in [-0.3, -0.25) is 10.1 Å². The molecule has 0 fully saturated rings. The molecule has 21 heavy (non-hydrogen) atoms. The molecule has 0 heterocycles. The van der Waals surface area contributed by atoms with E-state index in [1.54, 1.807) is 13.1 Å². The van der Waals surface area contributed by atoms with Crippen molar-refractivity contribution in [2.24, 2.45) is 0 Å². The number of hydrogen-bond donors (Lipinski definition) is 1. The number of nitrogens with one attached hydrogen (secondary N) is 1. The van der Waals surface area contributed by atoms with Crippen LogP contribution >= 0.6 is 0 Å². The van der Waals surface area contributed by atoms with Crippen LogP contribution in [-0.4, -0.2) is 12.0 Å². The molecule has 0 unspecified atom stereocenters. The Kier molecular flexibility index (Phi) is 4.00. The van der Waals surface area contributed by atoms with Crippen molar-refractivity contribution in [2.75, 3.05) is 12.4 Å².